The third-order valence-electron chi connectivity index (χ3n) is 3.54. The van der Waals surface area contributed by atoms with Crippen LogP contribution in [0.5, 0.6) is 0 Å². The molecule has 1 aliphatic heterocycles. The van der Waals surface area contributed by atoms with Crippen molar-refractivity contribution in [2.45, 2.75) is 58.3 Å². The Labute approximate surface area is 121 Å². The number of rotatable bonds is 5. The van der Waals surface area contributed by atoms with Crippen molar-refractivity contribution < 1.29 is 25.2 Å². The molecule has 1 heterocycles. The third kappa shape index (κ3) is 7.19. The fourth-order valence-corrected chi connectivity index (χ4v) is 1.81. The minimum Gasteiger partial charge on any atom is -0.481 e. The van der Waals surface area contributed by atoms with E-state index >= 15 is 0 Å². The van der Waals surface area contributed by atoms with Gasteiger partial charge in [-0.05, 0) is 19.4 Å². The highest BCUT2D eigenvalue weighted by atomic mass is 16.4. The van der Waals surface area contributed by atoms with Gasteiger partial charge in [0.25, 0.3) is 0 Å². The molecule has 1 saturated heterocycles. The lowest BCUT2D eigenvalue weighted by molar-refractivity contribution is -0.141. The van der Waals surface area contributed by atoms with Crippen molar-refractivity contribution in [3.8, 4) is 0 Å². The Bertz CT molecular complexity index is 262. The molecule has 1 aliphatic rings. The number of hydrogen-bond acceptors (Lipinski definition) is 5. The predicted octanol–water partition coefficient (Wildman–Crippen LogP) is 0.302. The molecule has 0 amide bonds. The lowest BCUT2D eigenvalue weighted by atomic mass is 10.0. The first-order valence-electron chi connectivity index (χ1n) is 7.32. The van der Waals surface area contributed by atoms with Crippen LogP contribution in [-0.4, -0.2) is 69.2 Å². The third-order valence-corrected chi connectivity index (χ3v) is 3.54. The lowest BCUT2D eigenvalue weighted by Crippen LogP contribution is -2.55. The molecule has 0 spiro atoms. The molecule has 0 aromatic heterocycles. The smallest absolute Gasteiger partial charge is 0.306 e. The van der Waals surface area contributed by atoms with Gasteiger partial charge >= 0.3 is 5.97 Å². The molecular weight excluding hydrogens is 262 g/mol. The number of nitrogens with zero attached hydrogens (tertiary/aromatic N) is 1. The van der Waals surface area contributed by atoms with E-state index in [-0.39, 0.29) is 5.92 Å². The Morgan fingerprint density at radius 1 is 1.20 bits per heavy atom. The first-order valence-corrected chi connectivity index (χ1v) is 7.32. The van der Waals surface area contributed by atoms with E-state index in [0.717, 1.165) is 25.8 Å². The number of carboxylic acids is 1. The number of hydrogen-bond donors (Lipinski definition) is 4. The summed E-state index contributed by atoms with van der Waals surface area (Å²) < 4.78 is 0. The number of piperidine rings is 1. The molecule has 4 N–H and O–H groups in total. The van der Waals surface area contributed by atoms with Gasteiger partial charge in [0.1, 0.15) is 6.10 Å². The zero-order valence-corrected chi connectivity index (χ0v) is 12.7. The minimum atomic E-state index is -0.974. The standard InChI is InChI=1S/C9H19NO3.C5H10O2/c1-2-3-4-10-5-7(11)9(13)8(12)6-10;1-3-4(2)5(6)7/h7-9,11-13H,2-6H2,1H3;4H,3H2,1-2H3,(H,6,7). The first kappa shape index (κ1) is 19.3. The molecule has 0 aromatic rings. The Hall–Kier alpha value is -0.690. The van der Waals surface area contributed by atoms with Crippen molar-refractivity contribution in [2.75, 3.05) is 19.6 Å². The normalized spacial score (nSPS) is 28.4. The number of β-amino-alcohol motifs (C(OH)–C–C–N with tert-alkyl or cyclic N) is 2. The number of aliphatic carboxylic acids is 1. The van der Waals surface area contributed by atoms with E-state index < -0.39 is 24.3 Å². The number of unbranched alkanes of at least 4 members (excludes halogenated alkanes) is 1. The summed E-state index contributed by atoms with van der Waals surface area (Å²) in [4.78, 5) is 11.9. The summed E-state index contributed by atoms with van der Waals surface area (Å²) in [7, 11) is 0. The maximum atomic E-state index is 9.93. The summed E-state index contributed by atoms with van der Waals surface area (Å²) in [6.07, 6.45) is 0.301. The van der Waals surface area contributed by atoms with Crippen LogP contribution in [0, 0.1) is 5.92 Å². The second kappa shape index (κ2) is 10.1. The Morgan fingerprint density at radius 2 is 1.70 bits per heavy atom. The average molecular weight is 291 g/mol. The van der Waals surface area contributed by atoms with Crippen LogP contribution in [-0.2, 0) is 4.79 Å². The zero-order valence-electron chi connectivity index (χ0n) is 12.7. The summed E-state index contributed by atoms with van der Waals surface area (Å²) in [5, 5.41) is 36.2. The van der Waals surface area contributed by atoms with Crippen molar-refractivity contribution >= 4 is 5.97 Å². The van der Waals surface area contributed by atoms with Crippen molar-refractivity contribution in [3.63, 3.8) is 0 Å². The van der Waals surface area contributed by atoms with E-state index in [0.29, 0.717) is 13.1 Å². The Kier molecular flexibility index (Phi) is 9.75. The lowest BCUT2D eigenvalue weighted by Gasteiger charge is -2.36. The minimum absolute atomic E-state index is 0.181. The number of carboxylic acid groups (broad SMARTS) is 1. The Balaban J connectivity index is 0.000000441. The van der Waals surface area contributed by atoms with Crippen molar-refractivity contribution in [2.24, 2.45) is 5.92 Å². The van der Waals surface area contributed by atoms with Crippen molar-refractivity contribution in [1.29, 1.82) is 0 Å². The summed E-state index contributed by atoms with van der Waals surface area (Å²) in [5.41, 5.74) is 0. The van der Waals surface area contributed by atoms with Gasteiger partial charge in [-0.25, -0.2) is 0 Å². The molecule has 0 saturated carbocycles. The van der Waals surface area contributed by atoms with Gasteiger partial charge in [-0.3, -0.25) is 9.69 Å². The van der Waals surface area contributed by atoms with E-state index in [1.165, 1.54) is 0 Å². The van der Waals surface area contributed by atoms with Crippen LogP contribution in [0.4, 0.5) is 0 Å². The van der Waals surface area contributed by atoms with Gasteiger partial charge in [0, 0.05) is 13.1 Å². The first-order chi connectivity index (χ1) is 9.33. The zero-order chi connectivity index (χ0) is 15.7. The summed E-state index contributed by atoms with van der Waals surface area (Å²) in [6.45, 7) is 7.49. The second-order valence-electron chi connectivity index (χ2n) is 5.39. The second-order valence-corrected chi connectivity index (χ2v) is 5.39. The van der Waals surface area contributed by atoms with Gasteiger partial charge in [0.05, 0.1) is 18.1 Å². The molecule has 0 bridgehead atoms. The van der Waals surface area contributed by atoms with E-state index in [1.54, 1.807) is 6.92 Å². The highest BCUT2D eigenvalue weighted by molar-refractivity contribution is 5.69. The highest BCUT2D eigenvalue weighted by Crippen LogP contribution is 2.12. The predicted molar refractivity (Wildman–Crippen MR) is 76.5 cm³/mol. The molecule has 1 rings (SSSR count). The van der Waals surface area contributed by atoms with Crippen LogP contribution >= 0.6 is 0 Å². The molecule has 6 heteroatoms. The average Bonchev–Trinajstić information content (AvgIpc) is 2.41. The van der Waals surface area contributed by atoms with E-state index in [9.17, 15) is 20.1 Å². The van der Waals surface area contributed by atoms with Crippen LogP contribution in [0.2, 0.25) is 0 Å². The van der Waals surface area contributed by atoms with Gasteiger partial charge in [-0.15, -0.1) is 0 Å². The number of likely N-dealkylation sites (tertiary alicyclic amines) is 1. The van der Waals surface area contributed by atoms with E-state index in [4.69, 9.17) is 5.11 Å². The molecule has 6 nitrogen and oxygen atoms in total. The molecule has 0 aliphatic carbocycles. The number of carbonyl (C=O) groups is 1. The SMILES string of the molecule is CCC(C)C(=O)O.CCCCN1CC(O)C(O)C(O)C1. The van der Waals surface area contributed by atoms with E-state index in [1.807, 2.05) is 11.8 Å². The summed E-state index contributed by atoms with van der Waals surface area (Å²) >= 11 is 0. The maximum Gasteiger partial charge on any atom is 0.306 e. The fourth-order valence-electron chi connectivity index (χ4n) is 1.81. The van der Waals surface area contributed by atoms with Crippen LogP contribution < -0.4 is 0 Å². The van der Waals surface area contributed by atoms with Crippen molar-refractivity contribution in [1.82, 2.24) is 4.90 Å². The molecule has 3 atom stereocenters. The monoisotopic (exact) mass is 291 g/mol. The molecule has 0 aromatic carbocycles. The highest BCUT2D eigenvalue weighted by Gasteiger charge is 2.32. The molecule has 20 heavy (non-hydrogen) atoms. The fraction of sp³-hybridized carbons (Fsp3) is 0.929. The number of aliphatic hydroxyl groups excluding tert-OH is 3. The quantitative estimate of drug-likeness (QED) is 0.581. The van der Waals surface area contributed by atoms with E-state index in [2.05, 4.69) is 6.92 Å². The van der Waals surface area contributed by atoms with Crippen LogP contribution in [0.15, 0.2) is 0 Å². The molecule has 1 fully saturated rings. The van der Waals surface area contributed by atoms with Gasteiger partial charge in [-0.2, -0.15) is 0 Å². The molecule has 120 valence electrons. The van der Waals surface area contributed by atoms with Gasteiger partial charge in [0.15, 0.2) is 0 Å². The maximum absolute atomic E-state index is 9.93. The van der Waals surface area contributed by atoms with Gasteiger partial charge < -0.3 is 20.4 Å². The number of aliphatic hydroxyl groups is 3. The topological polar surface area (TPSA) is 101 Å². The van der Waals surface area contributed by atoms with Crippen LogP contribution in [0.25, 0.3) is 0 Å². The summed E-state index contributed by atoms with van der Waals surface area (Å²) in [6, 6.07) is 0. The summed E-state index contributed by atoms with van der Waals surface area (Å²) in [5.74, 6) is -0.887. The Morgan fingerprint density at radius 3 is 2.00 bits per heavy atom. The molecular formula is C14H29NO5. The van der Waals surface area contributed by atoms with Gasteiger partial charge in [-0.1, -0.05) is 27.2 Å². The molecule has 3 unspecified atom stereocenters. The van der Waals surface area contributed by atoms with Crippen LogP contribution in [0.1, 0.15) is 40.0 Å². The largest absolute Gasteiger partial charge is 0.481 e. The van der Waals surface area contributed by atoms with Crippen LogP contribution in [0.3, 0.4) is 0 Å². The van der Waals surface area contributed by atoms with Gasteiger partial charge in [0.2, 0.25) is 0 Å². The molecule has 0 radical (unpaired) electrons. The van der Waals surface area contributed by atoms with Crippen molar-refractivity contribution in [3.05, 3.63) is 0 Å².